The van der Waals surface area contributed by atoms with Crippen molar-refractivity contribution in [3.05, 3.63) is 203 Å². The number of phenolic OH excluding ortho intramolecular Hbond substituents is 2. The Morgan fingerprint density at radius 1 is 0.493 bits per heavy atom. The first-order chi connectivity index (χ1) is 31.7. The molecule has 9 heteroatoms. The number of ether oxygens (including phenoxy) is 2. The maximum absolute atomic E-state index is 11.3. The van der Waals surface area contributed by atoms with Crippen LogP contribution in [0.1, 0.15) is 114 Å². The van der Waals surface area contributed by atoms with E-state index in [1.54, 1.807) is 24.6 Å². The van der Waals surface area contributed by atoms with E-state index in [4.69, 9.17) is 28.1 Å². The van der Waals surface area contributed by atoms with Gasteiger partial charge in [-0.2, -0.15) is 0 Å². The number of aliphatic imine (C=N–C) groups is 2. The van der Waals surface area contributed by atoms with Gasteiger partial charge in [0.05, 0.1) is 11.4 Å². The molecule has 6 aromatic rings. The molecule has 0 saturated carbocycles. The number of hydrogen-bond acceptors (Lipinski definition) is 6. The van der Waals surface area contributed by atoms with Crippen LogP contribution in [0.5, 0.6) is 23.0 Å². The topological polar surface area (TPSA) is 83.6 Å². The minimum absolute atomic E-state index is 0.0732. The molecule has 0 spiro atoms. The monoisotopic (exact) mass is 972 g/mol. The summed E-state index contributed by atoms with van der Waals surface area (Å²) in [4.78, 5) is 9.27. The number of rotatable bonds is 14. The van der Waals surface area contributed by atoms with Crippen molar-refractivity contribution >= 4 is 42.4 Å². The predicted molar refractivity (Wildman–Crippen MR) is 281 cm³/mol. The molecule has 0 saturated heterocycles. The molecule has 0 amide bonds. The van der Waals surface area contributed by atoms with Gasteiger partial charge < -0.3 is 19.7 Å². The molecule has 0 radical (unpaired) electrons. The molecule has 6 rings (SSSR count). The van der Waals surface area contributed by atoms with Gasteiger partial charge in [-0.15, -0.1) is 0 Å². The molecule has 6 aromatic carbocycles. The summed E-state index contributed by atoms with van der Waals surface area (Å²) in [6, 6.07) is 44.0. The summed E-state index contributed by atoms with van der Waals surface area (Å²) in [5.74, 6) is 1.99. The summed E-state index contributed by atoms with van der Waals surface area (Å²) in [5.41, 5.74) is 8.43. The first-order valence-electron chi connectivity index (χ1n) is 22.3. The molecule has 67 heavy (non-hydrogen) atoms. The molecule has 350 valence electrons. The third-order valence-electron chi connectivity index (χ3n) is 11.4. The molecule has 0 fully saturated rings. The average Bonchev–Trinajstić information content (AvgIpc) is 3.30. The molecule has 0 bridgehead atoms. The van der Waals surface area contributed by atoms with Crippen LogP contribution < -0.4 is 9.47 Å². The second-order valence-electron chi connectivity index (χ2n) is 19.2. The van der Waals surface area contributed by atoms with E-state index in [1.807, 2.05) is 97.1 Å². The Hall–Kier alpha value is -5.37. The molecule has 0 aliphatic heterocycles. The Morgan fingerprint density at radius 2 is 0.836 bits per heavy atom. The van der Waals surface area contributed by atoms with Gasteiger partial charge in [0.25, 0.3) is 0 Å². The molecular weight excluding hydrogens is 907 g/mol. The van der Waals surface area contributed by atoms with Crippen LogP contribution in [-0.2, 0) is 38.7 Å². The molecule has 0 unspecified atom stereocenters. The van der Waals surface area contributed by atoms with Gasteiger partial charge in [-0.25, -0.2) is 0 Å². The first kappa shape index (κ1) is 54.2. The normalized spacial score (nSPS) is 11.8. The third-order valence-corrected chi connectivity index (χ3v) is 11.4. The predicted octanol–water partition coefficient (Wildman–Crippen LogP) is 16.0. The van der Waals surface area contributed by atoms with Gasteiger partial charge in [0, 0.05) is 57.6 Å². The molecule has 6 nitrogen and oxygen atoms in total. The molecule has 2 N–H and O–H groups in total. The van der Waals surface area contributed by atoms with Crippen LogP contribution in [0.2, 0.25) is 0 Å². The van der Waals surface area contributed by atoms with Gasteiger partial charge in [0.15, 0.2) is 0 Å². The molecule has 0 aromatic heterocycles. The first-order valence-corrected chi connectivity index (χ1v) is 26.6. The van der Waals surface area contributed by atoms with Gasteiger partial charge in [-0.3, -0.25) is 9.98 Å². The van der Waals surface area contributed by atoms with Gasteiger partial charge in [0.2, 0.25) is 0 Å². The van der Waals surface area contributed by atoms with Crippen LogP contribution in [0.4, 0.5) is 11.4 Å². The van der Waals surface area contributed by atoms with E-state index in [0.717, 1.165) is 56.3 Å². The van der Waals surface area contributed by atoms with Crippen LogP contribution in [0, 0.1) is 0 Å². The fraction of sp³-hybridized carbons (Fsp3) is 0.276. The molecule has 0 heterocycles. The summed E-state index contributed by atoms with van der Waals surface area (Å²) < 4.78 is 11.2. The quantitative estimate of drug-likeness (QED) is 0.0647. The second kappa shape index (κ2) is 24.6. The minimum atomic E-state index is -0.556. The summed E-state index contributed by atoms with van der Waals surface area (Å²) in [7, 11) is 9.78. The number of hydrogen-bond donors (Lipinski definition) is 2. The third kappa shape index (κ3) is 15.3. The van der Waals surface area contributed by atoms with E-state index in [0.29, 0.717) is 24.3 Å². The molecular formula is C58H66Cl2N2O4Ti. The Balaban J connectivity index is 0.000000276. The van der Waals surface area contributed by atoms with Crippen molar-refractivity contribution in [1.29, 1.82) is 0 Å². The molecule has 0 aliphatic carbocycles. The van der Waals surface area contributed by atoms with Crippen molar-refractivity contribution in [3.8, 4) is 23.0 Å². The van der Waals surface area contributed by atoms with Crippen LogP contribution in [0.15, 0.2) is 169 Å². The average molecular weight is 974 g/mol. The number of phenols is 2. The summed E-state index contributed by atoms with van der Waals surface area (Å²) in [5, 5.41) is 22.6. The van der Waals surface area contributed by atoms with E-state index < -0.39 is 17.0 Å². The Bertz CT molecular complexity index is 2430. The number of halogens is 2. The van der Waals surface area contributed by atoms with Gasteiger partial charge >= 0.3 is 35.6 Å². The van der Waals surface area contributed by atoms with Crippen LogP contribution in [0.25, 0.3) is 0 Å². The Morgan fingerprint density at radius 3 is 1.15 bits per heavy atom. The Kier molecular flexibility index (Phi) is 19.9. The zero-order valence-corrected chi connectivity index (χ0v) is 43.8. The second-order valence-corrected chi connectivity index (χ2v) is 21.8. The van der Waals surface area contributed by atoms with E-state index >= 15 is 0 Å². The van der Waals surface area contributed by atoms with E-state index in [9.17, 15) is 10.2 Å². The van der Waals surface area contributed by atoms with Crippen molar-refractivity contribution in [2.75, 3.05) is 13.2 Å². The van der Waals surface area contributed by atoms with Crippen molar-refractivity contribution in [2.24, 2.45) is 9.98 Å². The summed E-state index contributed by atoms with van der Waals surface area (Å²) in [6.07, 6.45) is 6.90. The fourth-order valence-corrected chi connectivity index (χ4v) is 7.26. The SMILES string of the molecule is C=CCOc1cccc(N=Cc2cc(C(C)(C)C)cc(C(C)(C)c3ccccc3)c2O)c1.C=CCOc1cccc(N=Cc2cc(C(C)(C)C)cc(C(C)(C)c3ccccc3)c2O)c1.[Cl][Ti][Cl]. The molecule has 0 aliphatic rings. The fourth-order valence-electron chi connectivity index (χ4n) is 7.26. The zero-order valence-electron chi connectivity index (χ0n) is 40.7. The van der Waals surface area contributed by atoms with Crippen LogP contribution >= 0.6 is 18.6 Å². The van der Waals surface area contributed by atoms with Gasteiger partial charge in [-0.05, 0) is 69.5 Å². The van der Waals surface area contributed by atoms with E-state index in [2.05, 4.69) is 129 Å². The summed E-state index contributed by atoms with van der Waals surface area (Å²) >= 11 is -0.556. The van der Waals surface area contributed by atoms with E-state index in [1.165, 1.54) is 0 Å². The van der Waals surface area contributed by atoms with Crippen molar-refractivity contribution in [2.45, 2.75) is 90.9 Å². The maximum atomic E-state index is 11.3. The van der Waals surface area contributed by atoms with Gasteiger partial charge in [0.1, 0.15) is 36.2 Å². The van der Waals surface area contributed by atoms with Gasteiger partial charge in [-0.1, -0.05) is 179 Å². The standard InChI is InChI=1S/2C29H33NO2.2ClH.Ti/c2*1-7-16-32-25-15-11-14-24(19-25)30-20-21-17-23(28(2,3)4)18-26(27(21)31)29(5,6)22-12-9-8-10-13-22;;;/h2*7-15,17-20,31H,1,16H2,2-6H3;2*1H;/q;;;;+2/p-2. The van der Waals surface area contributed by atoms with E-state index in [-0.39, 0.29) is 33.2 Å². The number of benzene rings is 6. The van der Waals surface area contributed by atoms with Crippen LogP contribution in [0.3, 0.4) is 0 Å². The summed E-state index contributed by atoms with van der Waals surface area (Å²) in [6.45, 7) is 29.9. The van der Waals surface area contributed by atoms with Crippen LogP contribution in [-0.4, -0.2) is 35.9 Å². The molecule has 0 atom stereocenters. The number of aromatic hydroxyl groups is 2. The van der Waals surface area contributed by atoms with Crippen molar-refractivity contribution in [3.63, 3.8) is 0 Å². The Labute approximate surface area is 416 Å². The van der Waals surface area contributed by atoms with Crippen molar-refractivity contribution < 1.29 is 36.7 Å². The zero-order chi connectivity index (χ0) is 49.4. The number of nitrogens with zero attached hydrogens (tertiary/aromatic N) is 2. The van der Waals surface area contributed by atoms with Crippen molar-refractivity contribution in [1.82, 2.24) is 0 Å².